The summed E-state index contributed by atoms with van der Waals surface area (Å²) < 4.78 is 0. The van der Waals surface area contributed by atoms with E-state index in [1.165, 1.54) is 0 Å². The lowest BCUT2D eigenvalue weighted by Gasteiger charge is -2.19. The van der Waals surface area contributed by atoms with Gasteiger partial charge in [0.15, 0.2) is 0 Å². The average Bonchev–Trinajstić information content (AvgIpc) is 2.21. The van der Waals surface area contributed by atoms with E-state index in [1.807, 2.05) is 12.1 Å². The zero-order chi connectivity index (χ0) is 10.4. The molecule has 0 aromatic carbocycles. The van der Waals surface area contributed by atoms with Crippen LogP contribution in [0.2, 0.25) is 0 Å². The number of hydrogen-bond donors (Lipinski definition) is 0. The van der Waals surface area contributed by atoms with Gasteiger partial charge in [-0.2, -0.15) is 0 Å². The van der Waals surface area contributed by atoms with Crippen molar-refractivity contribution in [3.63, 3.8) is 0 Å². The van der Waals surface area contributed by atoms with Crippen LogP contribution in [0.4, 0.5) is 5.82 Å². The van der Waals surface area contributed by atoms with Crippen LogP contribution in [0.1, 0.15) is 19.4 Å². The lowest BCUT2D eigenvalue weighted by atomic mass is 10.2. The summed E-state index contributed by atoms with van der Waals surface area (Å²) in [6.07, 6.45) is 3.14. The Bertz CT molecular complexity index is 295. The number of aromatic nitrogens is 1. The second-order valence-electron chi connectivity index (χ2n) is 3.07. The fraction of sp³-hybridized carbons (Fsp3) is 0.455. The van der Waals surface area contributed by atoms with Gasteiger partial charge >= 0.3 is 0 Å². The van der Waals surface area contributed by atoms with Gasteiger partial charge in [-0.25, -0.2) is 4.98 Å². The summed E-state index contributed by atoms with van der Waals surface area (Å²) in [6.45, 7) is 6.07. The molecule has 1 rings (SSSR count). The third kappa shape index (κ3) is 2.55. The Balaban J connectivity index is 2.86. The molecule has 14 heavy (non-hydrogen) atoms. The Hall–Kier alpha value is -1.38. The fourth-order valence-corrected chi connectivity index (χ4v) is 1.40. The molecular weight excluding hydrogens is 176 g/mol. The zero-order valence-corrected chi connectivity index (χ0v) is 8.73. The van der Waals surface area contributed by atoms with E-state index in [2.05, 4.69) is 23.7 Å². The number of hydrogen-bond acceptors (Lipinski definition) is 3. The summed E-state index contributed by atoms with van der Waals surface area (Å²) >= 11 is 0. The van der Waals surface area contributed by atoms with Crippen LogP contribution < -0.4 is 4.90 Å². The van der Waals surface area contributed by atoms with Crippen molar-refractivity contribution in [3.8, 4) is 0 Å². The highest BCUT2D eigenvalue weighted by Gasteiger charge is 2.03. The van der Waals surface area contributed by atoms with Crippen LogP contribution in [0.15, 0.2) is 18.3 Å². The second-order valence-corrected chi connectivity index (χ2v) is 3.07. The van der Waals surface area contributed by atoms with Gasteiger partial charge in [0, 0.05) is 25.7 Å². The van der Waals surface area contributed by atoms with Crippen LogP contribution >= 0.6 is 0 Å². The predicted octanol–water partition coefficient (Wildman–Crippen LogP) is 1.67. The minimum Gasteiger partial charge on any atom is -0.357 e. The first-order valence-corrected chi connectivity index (χ1v) is 4.95. The SMILES string of the molecule is CCN(CC)c1cc(CC=O)ccn1. The molecule has 0 radical (unpaired) electrons. The smallest absolute Gasteiger partial charge is 0.128 e. The molecule has 1 aromatic heterocycles. The molecule has 0 saturated heterocycles. The quantitative estimate of drug-likeness (QED) is 0.665. The van der Waals surface area contributed by atoms with E-state index in [1.54, 1.807) is 6.20 Å². The van der Waals surface area contributed by atoms with Crippen molar-refractivity contribution in [2.24, 2.45) is 0 Å². The minimum absolute atomic E-state index is 0.469. The first-order valence-electron chi connectivity index (χ1n) is 4.95. The van der Waals surface area contributed by atoms with E-state index >= 15 is 0 Å². The van der Waals surface area contributed by atoms with Crippen LogP contribution in [0.5, 0.6) is 0 Å². The van der Waals surface area contributed by atoms with Gasteiger partial charge in [0.25, 0.3) is 0 Å². The second kappa shape index (κ2) is 5.37. The molecule has 0 spiro atoms. The van der Waals surface area contributed by atoms with Crippen molar-refractivity contribution in [2.45, 2.75) is 20.3 Å². The molecule has 0 atom stereocenters. The number of carbonyl (C=O) groups is 1. The maximum atomic E-state index is 10.4. The lowest BCUT2D eigenvalue weighted by molar-refractivity contribution is -0.107. The van der Waals surface area contributed by atoms with E-state index in [4.69, 9.17) is 0 Å². The first-order chi connectivity index (χ1) is 6.81. The summed E-state index contributed by atoms with van der Waals surface area (Å²) in [5.74, 6) is 0.953. The van der Waals surface area contributed by atoms with Crippen molar-refractivity contribution in [2.75, 3.05) is 18.0 Å². The molecule has 3 heteroatoms. The van der Waals surface area contributed by atoms with Gasteiger partial charge in [0.05, 0.1) is 0 Å². The topological polar surface area (TPSA) is 33.2 Å². The van der Waals surface area contributed by atoms with Crippen molar-refractivity contribution in [3.05, 3.63) is 23.9 Å². The Morgan fingerprint density at radius 3 is 2.71 bits per heavy atom. The van der Waals surface area contributed by atoms with Crippen LogP contribution in [0, 0.1) is 0 Å². The summed E-state index contributed by atoms with van der Waals surface area (Å²) in [5, 5.41) is 0. The number of aldehydes is 1. The number of pyridine rings is 1. The fourth-order valence-electron chi connectivity index (χ4n) is 1.40. The normalized spacial score (nSPS) is 9.86. The van der Waals surface area contributed by atoms with Gasteiger partial charge in [-0.1, -0.05) is 0 Å². The van der Waals surface area contributed by atoms with Crippen LogP contribution in [0.3, 0.4) is 0 Å². The van der Waals surface area contributed by atoms with Crippen LogP contribution in [-0.4, -0.2) is 24.4 Å². The highest BCUT2D eigenvalue weighted by molar-refractivity contribution is 5.56. The molecule has 0 aliphatic carbocycles. The maximum absolute atomic E-state index is 10.4. The summed E-state index contributed by atoms with van der Waals surface area (Å²) in [5.41, 5.74) is 1.02. The summed E-state index contributed by atoms with van der Waals surface area (Å²) in [7, 11) is 0. The van der Waals surface area contributed by atoms with Gasteiger partial charge in [-0.05, 0) is 31.5 Å². The van der Waals surface area contributed by atoms with E-state index < -0.39 is 0 Å². The van der Waals surface area contributed by atoms with Gasteiger partial charge < -0.3 is 9.69 Å². The van der Waals surface area contributed by atoms with E-state index in [0.29, 0.717) is 6.42 Å². The molecule has 0 aliphatic rings. The summed E-state index contributed by atoms with van der Waals surface area (Å²) in [4.78, 5) is 16.8. The molecule has 3 nitrogen and oxygen atoms in total. The number of nitrogens with zero attached hydrogens (tertiary/aromatic N) is 2. The first kappa shape index (κ1) is 10.7. The van der Waals surface area contributed by atoms with Crippen molar-refractivity contribution < 1.29 is 4.79 Å². The average molecular weight is 192 g/mol. The van der Waals surface area contributed by atoms with Gasteiger partial charge in [-0.3, -0.25) is 0 Å². The Kier molecular flexibility index (Phi) is 4.11. The standard InChI is InChI=1S/C11H16N2O/c1-3-13(4-2)11-9-10(6-8-14)5-7-12-11/h5,7-9H,3-4,6H2,1-2H3. The highest BCUT2D eigenvalue weighted by Crippen LogP contribution is 2.11. The van der Waals surface area contributed by atoms with E-state index in [0.717, 1.165) is 30.8 Å². The number of rotatable bonds is 5. The molecular formula is C11H16N2O. The maximum Gasteiger partial charge on any atom is 0.128 e. The molecule has 0 fully saturated rings. The third-order valence-corrected chi connectivity index (χ3v) is 2.22. The Labute approximate surface area is 84.8 Å². The molecule has 76 valence electrons. The lowest BCUT2D eigenvalue weighted by Crippen LogP contribution is -2.22. The van der Waals surface area contributed by atoms with Crippen LogP contribution in [0.25, 0.3) is 0 Å². The Morgan fingerprint density at radius 2 is 2.14 bits per heavy atom. The molecule has 0 unspecified atom stereocenters. The van der Waals surface area contributed by atoms with Crippen LogP contribution in [-0.2, 0) is 11.2 Å². The predicted molar refractivity (Wildman–Crippen MR) is 57.6 cm³/mol. The molecule has 0 saturated carbocycles. The van der Waals surface area contributed by atoms with Gasteiger partial charge in [-0.15, -0.1) is 0 Å². The molecule has 0 amide bonds. The monoisotopic (exact) mass is 192 g/mol. The largest absolute Gasteiger partial charge is 0.357 e. The highest BCUT2D eigenvalue weighted by atomic mass is 16.1. The minimum atomic E-state index is 0.469. The van der Waals surface area contributed by atoms with Crippen molar-refractivity contribution >= 4 is 12.1 Å². The van der Waals surface area contributed by atoms with Gasteiger partial charge in [0.1, 0.15) is 12.1 Å². The molecule has 0 bridgehead atoms. The van der Waals surface area contributed by atoms with Crippen molar-refractivity contribution in [1.29, 1.82) is 0 Å². The zero-order valence-electron chi connectivity index (χ0n) is 8.73. The third-order valence-electron chi connectivity index (χ3n) is 2.22. The molecule has 0 N–H and O–H groups in total. The Morgan fingerprint density at radius 1 is 1.43 bits per heavy atom. The van der Waals surface area contributed by atoms with E-state index in [9.17, 15) is 4.79 Å². The number of anilines is 1. The molecule has 1 heterocycles. The summed E-state index contributed by atoms with van der Waals surface area (Å²) in [6, 6.07) is 3.85. The molecule has 1 aromatic rings. The molecule has 0 aliphatic heterocycles. The van der Waals surface area contributed by atoms with Gasteiger partial charge in [0.2, 0.25) is 0 Å². The number of carbonyl (C=O) groups excluding carboxylic acids is 1. The van der Waals surface area contributed by atoms with E-state index in [-0.39, 0.29) is 0 Å². The van der Waals surface area contributed by atoms with Crippen molar-refractivity contribution in [1.82, 2.24) is 4.98 Å².